The van der Waals surface area contributed by atoms with Gasteiger partial charge in [0.25, 0.3) is 10.1 Å². The first-order valence-corrected chi connectivity index (χ1v) is 10.3. The molecule has 148 valence electrons. The SMILES string of the molecule is Cc1ccc(S(=O)(=O)OCCCCCCOCC(=O)OC(C)(C)C)cc1. The summed E-state index contributed by atoms with van der Waals surface area (Å²) < 4.78 is 39.4. The minimum Gasteiger partial charge on any atom is -0.458 e. The Morgan fingerprint density at radius 2 is 1.54 bits per heavy atom. The average Bonchev–Trinajstić information content (AvgIpc) is 2.52. The molecule has 0 N–H and O–H groups in total. The van der Waals surface area contributed by atoms with Crippen molar-refractivity contribution < 1.29 is 26.9 Å². The molecule has 7 heteroatoms. The molecule has 0 amide bonds. The Morgan fingerprint density at radius 1 is 0.962 bits per heavy atom. The fourth-order valence-electron chi connectivity index (χ4n) is 2.13. The lowest BCUT2D eigenvalue weighted by Crippen LogP contribution is -2.26. The van der Waals surface area contributed by atoms with Crippen LogP contribution in [0.25, 0.3) is 0 Å². The minimum atomic E-state index is -3.68. The highest BCUT2D eigenvalue weighted by atomic mass is 32.2. The van der Waals surface area contributed by atoms with Crippen molar-refractivity contribution in [2.75, 3.05) is 19.8 Å². The van der Waals surface area contributed by atoms with Crippen LogP contribution in [-0.4, -0.2) is 39.8 Å². The third kappa shape index (κ3) is 9.89. The standard InChI is InChI=1S/C19H30O6S/c1-16-9-11-17(12-10-16)26(21,22)24-14-8-6-5-7-13-23-15-18(20)25-19(2,3)4/h9-12H,5-8,13-15H2,1-4H3. The molecule has 26 heavy (non-hydrogen) atoms. The van der Waals surface area contributed by atoms with Crippen molar-refractivity contribution in [1.82, 2.24) is 0 Å². The fourth-order valence-corrected chi connectivity index (χ4v) is 3.07. The Labute approximate surface area is 157 Å². The summed E-state index contributed by atoms with van der Waals surface area (Å²) in [6.45, 7) is 7.92. The van der Waals surface area contributed by atoms with Crippen molar-refractivity contribution in [3.05, 3.63) is 29.8 Å². The second kappa shape index (κ2) is 10.6. The molecular formula is C19H30O6S. The number of unbranched alkanes of at least 4 members (excludes halogenated alkanes) is 3. The molecule has 1 aromatic carbocycles. The van der Waals surface area contributed by atoms with Crippen molar-refractivity contribution in [1.29, 1.82) is 0 Å². The van der Waals surface area contributed by atoms with Crippen molar-refractivity contribution in [2.24, 2.45) is 0 Å². The van der Waals surface area contributed by atoms with Gasteiger partial charge in [-0.2, -0.15) is 8.42 Å². The number of rotatable bonds is 11. The second-order valence-corrected chi connectivity index (χ2v) is 8.76. The van der Waals surface area contributed by atoms with Crippen LogP contribution in [0, 0.1) is 6.92 Å². The largest absolute Gasteiger partial charge is 0.458 e. The minimum absolute atomic E-state index is 0.0465. The summed E-state index contributed by atoms with van der Waals surface area (Å²) >= 11 is 0. The van der Waals surface area contributed by atoms with Crippen molar-refractivity contribution in [3.8, 4) is 0 Å². The van der Waals surface area contributed by atoms with Gasteiger partial charge in [-0.25, -0.2) is 4.79 Å². The van der Waals surface area contributed by atoms with E-state index in [4.69, 9.17) is 13.7 Å². The Hall–Kier alpha value is -1.44. The van der Waals surface area contributed by atoms with Crippen LogP contribution in [0.2, 0.25) is 0 Å². The van der Waals surface area contributed by atoms with Gasteiger partial charge in [-0.3, -0.25) is 4.18 Å². The topological polar surface area (TPSA) is 78.9 Å². The first kappa shape index (κ1) is 22.6. The third-order valence-electron chi connectivity index (χ3n) is 3.37. The predicted molar refractivity (Wildman–Crippen MR) is 99.4 cm³/mol. The summed E-state index contributed by atoms with van der Waals surface area (Å²) in [6, 6.07) is 6.58. The number of ether oxygens (including phenoxy) is 2. The molecule has 6 nitrogen and oxygen atoms in total. The zero-order valence-electron chi connectivity index (χ0n) is 16.1. The van der Waals surface area contributed by atoms with E-state index in [0.717, 1.165) is 24.8 Å². The van der Waals surface area contributed by atoms with Gasteiger partial charge in [0.15, 0.2) is 0 Å². The summed E-state index contributed by atoms with van der Waals surface area (Å²) in [5.41, 5.74) is 0.497. The van der Waals surface area contributed by atoms with Crippen LogP contribution in [0.1, 0.15) is 52.0 Å². The average molecular weight is 387 g/mol. The van der Waals surface area contributed by atoms with Gasteiger partial charge in [-0.15, -0.1) is 0 Å². The van der Waals surface area contributed by atoms with Gasteiger partial charge >= 0.3 is 5.97 Å². The predicted octanol–water partition coefficient (Wildman–Crippen LogP) is 3.62. The highest BCUT2D eigenvalue weighted by Gasteiger charge is 2.16. The monoisotopic (exact) mass is 386 g/mol. The molecule has 0 saturated heterocycles. The lowest BCUT2D eigenvalue weighted by atomic mass is 10.2. The van der Waals surface area contributed by atoms with Gasteiger partial charge in [-0.05, 0) is 52.7 Å². The van der Waals surface area contributed by atoms with E-state index in [9.17, 15) is 13.2 Å². The van der Waals surface area contributed by atoms with E-state index in [-0.39, 0.29) is 24.1 Å². The third-order valence-corrected chi connectivity index (χ3v) is 4.70. The summed E-state index contributed by atoms with van der Waals surface area (Å²) in [5.74, 6) is -0.368. The molecule has 1 rings (SSSR count). The molecule has 0 heterocycles. The van der Waals surface area contributed by atoms with Crippen LogP contribution < -0.4 is 0 Å². The smallest absolute Gasteiger partial charge is 0.332 e. The van der Waals surface area contributed by atoms with Gasteiger partial charge < -0.3 is 9.47 Å². The summed E-state index contributed by atoms with van der Waals surface area (Å²) in [7, 11) is -3.68. The summed E-state index contributed by atoms with van der Waals surface area (Å²) in [5, 5.41) is 0. The van der Waals surface area contributed by atoms with E-state index in [2.05, 4.69) is 0 Å². The van der Waals surface area contributed by atoms with E-state index in [1.165, 1.54) is 0 Å². The zero-order valence-corrected chi connectivity index (χ0v) is 16.9. The van der Waals surface area contributed by atoms with Gasteiger partial charge in [0.2, 0.25) is 0 Å². The number of hydrogen-bond donors (Lipinski definition) is 0. The maximum absolute atomic E-state index is 12.0. The first-order valence-electron chi connectivity index (χ1n) is 8.86. The normalized spacial score (nSPS) is 12.2. The van der Waals surface area contributed by atoms with Crippen LogP contribution in [0.3, 0.4) is 0 Å². The molecule has 0 spiro atoms. The van der Waals surface area contributed by atoms with Gasteiger partial charge in [-0.1, -0.05) is 30.5 Å². The molecule has 0 aromatic heterocycles. The molecule has 0 aliphatic rings. The van der Waals surface area contributed by atoms with Crippen LogP contribution in [-0.2, 0) is 28.6 Å². The molecule has 1 aromatic rings. The summed E-state index contributed by atoms with van der Waals surface area (Å²) in [4.78, 5) is 11.6. The second-order valence-electron chi connectivity index (χ2n) is 7.14. The summed E-state index contributed by atoms with van der Waals surface area (Å²) in [6.07, 6.45) is 3.16. The van der Waals surface area contributed by atoms with E-state index < -0.39 is 15.7 Å². The van der Waals surface area contributed by atoms with E-state index in [1.807, 2.05) is 27.7 Å². The molecule has 0 aliphatic carbocycles. The molecular weight excluding hydrogens is 356 g/mol. The first-order chi connectivity index (χ1) is 12.1. The van der Waals surface area contributed by atoms with E-state index in [0.29, 0.717) is 13.0 Å². The Morgan fingerprint density at radius 3 is 2.12 bits per heavy atom. The van der Waals surface area contributed by atoms with E-state index >= 15 is 0 Å². The molecule has 0 bridgehead atoms. The van der Waals surface area contributed by atoms with Crippen LogP contribution in [0.4, 0.5) is 0 Å². The molecule has 0 saturated carbocycles. The maximum atomic E-state index is 12.0. The highest BCUT2D eigenvalue weighted by Crippen LogP contribution is 2.14. The van der Waals surface area contributed by atoms with Crippen LogP contribution >= 0.6 is 0 Å². The lowest BCUT2D eigenvalue weighted by Gasteiger charge is -2.19. The highest BCUT2D eigenvalue weighted by molar-refractivity contribution is 7.86. The number of benzene rings is 1. The van der Waals surface area contributed by atoms with Crippen molar-refractivity contribution in [2.45, 2.75) is 63.9 Å². The lowest BCUT2D eigenvalue weighted by molar-refractivity contribution is -0.160. The van der Waals surface area contributed by atoms with Crippen LogP contribution in [0.15, 0.2) is 29.2 Å². The molecule has 0 fully saturated rings. The maximum Gasteiger partial charge on any atom is 0.332 e. The Bertz CT molecular complexity index is 644. The molecule has 0 aliphatic heterocycles. The number of carbonyl (C=O) groups excluding carboxylic acids is 1. The van der Waals surface area contributed by atoms with Crippen LogP contribution in [0.5, 0.6) is 0 Å². The number of aryl methyl sites for hydroxylation is 1. The fraction of sp³-hybridized carbons (Fsp3) is 0.632. The van der Waals surface area contributed by atoms with Gasteiger partial charge in [0.1, 0.15) is 12.2 Å². The number of esters is 1. The van der Waals surface area contributed by atoms with Gasteiger partial charge in [0, 0.05) is 6.61 Å². The number of carbonyl (C=O) groups is 1. The van der Waals surface area contributed by atoms with E-state index in [1.54, 1.807) is 24.3 Å². The molecule has 0 radical (unpaired) electrons. The zero-order chi connectivity index (χ0) is 19.6. The quantitative estimate of drug-likeness (QED) is 0.328. The van der Waals surface area contributed by atoms with Crippen molar-refractivity contribution >= 4 is 16.1 Å². The van der Waals surface area contributed by atoms with Gasteiger partial charge in [0.05, 0.1) is 11.5 Å². The Kier molecular flexibility index (Phi) is 9.25. The molecule has 0 unspecified atom stereocenters. The number of hydrogen-bond acceptors (Lipinski definition) is 6. The van der Waals surface area contributed by atoms with Crippen molar-refractivity contribution in [3.63, 3.8) is 0 Å². The molecule has 0 atom stereocenters. The Balaban J connectivity index is 2.07.